The highest BCUT2D eigenvalue weighted by atomic mass is 19.1. The van der Waals surface area contributed by atoms with E-state index in [2.05, 4.69) is 22.0 Å². The molecular formula is C22H23FN4O2. The maximum atomic E-state index is 13.4. The molecule has 1 N–H and O–H groups in total. The van der Waals surface area contributed by atoms with Crippen LogP contribution in [0.25, 0.3) is 22.0 Å². The van der Waals surface area contributed by atoms with Crippen LogP contribution >= 0.6 is 0 Å². The topological polar surface area (TPSA) is 67.1 Å². The van der Waals surface area contributed by atoms with Gasteiger partial charge >= 0.3 is 5.69 Å². The number of aromatic amines is 1. The standard InChI is InChI=1S/C22H23FN4O2/c1-2-20(27-18-6-4-3-5-17(18)24-22(27)28)26-11-9-14(10-12-26)21-16-8-7-15(23)13-19(16)29-25-21/h3-8,13-14,20H,2,9-12H2,1H3,(H,24,28). The Bertz CT molecular complexity index is 1220. The van der Waals surface area contributed by atoms with Gasteiger partial charge in [-0.25, -0.2) is 9.18 Å². The number of H-pyrrole nitrogens is 1. The Hall–Kier alpha value is -2.93. The average Bonchev–Trinajstić information content (AvgIpc) is 3.30. The van der Waals surface area contributed by atoms with E-state index in [0.29, 0.717) is 5.58 Å². The molecule has 150 valence electrons. The second kappa shape index (κ2) is 7.15. The van der Waals surface area contributed by atoms with E-state index in [4.69, 9.17) is 4.52 Å². The van der Waals surface area contributed by atoms with Gasteiger partial charge in [0.25, 0.3) is 0 Å². The van der Waals surface area contributed by atoms with Crippen LogP contribution < -0.4 is 5.69 Å². The molecule has 4 aromatic rings. The van der Waals surface area contributed by atoms with Gasteiger partial charge in [-0.1, -0.05) is 24.2 Å². The summed E-state index contributed by atoms with van der Waals surface area (Å²) < 4.78 is 20.6. The first kappa shape index (κ1) is 18.1. The second-order valence-electron chi connectivity index (χ2n) is 7.72. The van der Waals surface area contributed by atoms with Crippen molar-refractivity contribution in [3.8, 4) is 0 Å². The summed E-state index contributed by atoms with van der Waals surface area (Å²) in [7, 11) is 0. The molecule has 2 aromatic heterocycles. The van der Waals surface area contributed by atoms with Gasteiger partial charge in [-0.3, -0.25) is 9.47 Å². The first-order valence-electron chi connectivity index (χ1n) is 10.1. The van der Waals surface area contributed by atoms with Crippen molar-refractivity contribution in [2.24, 2.45) is 0 Å². The number of hydrogen-bond donors (Lipinski definition) is 1. The van der Waals surface area contributed by atoms with Crippen molar-refractivity contribution in [2.45, 2.75) is 38.3 Å². The summed E-state index contributed by atoms with van der Waals surface area (Å²) in [6.45, 7) is 3.85. The van der Waals surface area contributed by atoms with Gasteiger partial charge in [-0.05, 0) is 43.5 Å². The van der Waals surface area contributed by atoms with Crippen LogP contribution in [0.1, 0.15) is 44.0 Å². The first-order chi connectivity index (χ1) is 14.2. The lowest BCUT2D eigenvalue weighted by Crippen LogP contribution is -2.41. The van der Waals surface area contributed by atoms with Crippen LogP contribution in [0.15, 0.2) is 51.8 Å². The van der Waals surface area contributed by atoms with Crippen molar-refractivity contribution >= 4 is 22.0 Å². The van der Waals surface area contributed by atoms with Crippen LogP contribution in [-0.2, 0) is 0 Å². The summed E-state index contributed by atoms with van der Waals surface area (Å²) in [5.74, 6) is -0.0415. The average molecular weight is 394 g/mol. The number of piperidine rings is 1. The number of fused-ring (bicyclic) bond motifs is 2. The van der Waals surface area contributed by atoms with E-state index in [9.17, 15) is 9.18 Å². The molecule has 0 amide bonds. The molecule has 5 rings (SSSR count). The Morgan fingerprint density at radius 2 is 2.03 bits per heavy atom. The lowest BCUT2D eigenvalue weighted by Gasteiger charge is -2.37. The Kier molecular flexibility index (Phi) is 4.47. The molecule has 0 bridgehead atoms. The van der Waals surface area contributed by atoms with E-state index < -0.39 is 0 Å². The summed E-state index contributed by atoms with van der Waals surface area (Å²) in [5, 5.41) is 5.13. The molecule has 3 heterocycles. The quantitative estimate of drug-likeness (QED) is 0.557. The van der Waals surface area contributed by atoms with E-state index in [1.807, 2.05) is 28.8 Å². The van der Waals surface area contributed by atoms with Crippen LogP contribution in [0, 0.1) is 5.82 Å². The summed E-state index contributed by atoms with van der Waals surface area (Å²) in [4.78, 5) is 18.0. The molecule has 29 heavy (non-hydrogen) atoms. The molecule has 0 spiro atoms. The predicted octanol–water partition coefficient (Wildman–Crippen LogP) is 4.40. The molecule has 1 atom stereocenters. The number of para-hydroxylation sites is 2. The maximum absolute atomic E-state index is 13.4. The number of aromatic nitrogens is 3. The van der Waals surface area contributed by atoms with Gasteiger partial charge in [0.2, 0.25) is 0 Å². The monoisotopic (exact) mass is 394 g/mol. The fraction of sp³-hybridized carbons (Fsp3) is 0.364. The molecule has 1 aliphatic rings. The first-order valence-corrected chi connectivity index (χ1v) is 10.1. The van der Waals surface area contributed by atoms with Crippen molar-refractivity contribution in [1.29, 1.82) is 0 Å². The minimum Gasteiger partial charge on any atom is -0.356 e. The fourth-order valence-corrected chi connectivity index (χ4v) is 4.67. The SMILES string of the molecule is CCC(N1CCC(c2noc3cc(F)ccc23)CC1)n1c(=O)[nH]c2ccccc21. The molecule has 0 radical (unpaired) electrons. The Morgan fingerprint density at radius 1 is 1.24 bits per heavy atom. The van der Waals surface area contributed by atoms with E-state index in [1.165, 1.54) is 12.1 Å². The van der Waals surface area contributed by atoms with Crippen molar-refractivity contribution < 1.29 is 8.91 Å². The molecule has 2 aromatic carbocycles. The lowest BCUT2D eigenvalue weighted by atomic mass is 9.91. The highest BCUT2D eigenvalue weighted by Crippen LogP contribution is 2.35. The highest BCUT2D eigenvalue weighted by Gasteiger charge is 2.30. The van der Waals surface area contributed by atoms with Gasteiger partial charge in [0.05, 0.1) is 22.9 Å². The van der Waals surface area contributed by atoms with Gasteiger partial charge in [-0.2, -0.15) is 0 Å². The molecular weight excluding hydrogens is 371 g/mol. The van der Waals surface area contributed by atoms with Crippen LogP contribution in [0.5, 0.6) is 0 Å². The van der Waals surface area contributed by atoms with Crippen molar-refractivity contribution in [3.05, 3.63) is 64.5 Å². The number of rotatable bonds is 4. The number of benzene rings is 2. The van der Waals surface area contributed by atoms with Gasteiger partial charge in [-0.15, -0.1) is 0 Å². The number of halogens is 1. The van der Waals surface area contributed by atoms with E-state index in [1.54, 1.807) is 6.07 Å². The zero-order valence-electron chi connectivity index (χ0n) is 16.3. The number of nitrogens with one attached hydrogen (secondary N) is 1. The van der Waals surface area contributed by atoms with Gasteiger partial charge < -0.3 is 9.51 Å². The smallest absolute Gasteiger partial charge is 0.327 e. The summed E-state index contributed by atoms with van der Waals surface area (Å²) in [6.07, 6.45) is 2.71. The summed E-state index contributed by atoms with van der Waals surface area (Å²) >= 11 is 0. The fourth-order valence-electron chi connectivity index (χ4n) is 4.67. The van der Waals surface area contributed by atoms with Crippen molar-refractivity contribution in [2.75, 3.05) is 13.1 Å². The summed E-state index contributed by atoms with van der Waals surface area (Å²) in [5.41, 5.74) is 3.16. The van der Waals surface area contributed by atoms with Gasteiger partial charge in [0.1, 0.15) is 5.82 Å². The van der Waals surface area contributed by atoms with Crippen LogP contribution in [0.3, 0.4) is 0 Å². The molecule has 0 aliphatic carbocycles. The van der Waals surface area contributed by atoms with Gasteiger partial charge in [0, 0.05) is 30.5 Å². The molecule has 6 nitrogen and oxygen atoms in total. The second-order valence-corrected chi connectivity index (χ2v) is 7.72. The largest absolute Gasteiger partial charge is 0.356 e. The minimum absolute atomic E-state index is 0.0164. The molecule has 0 saturated carbocycles. The third-order valence-electron chi connectivity index (χ3n) is 6.09. The number of nitrogens with zero attached hydrogens (tertiary/aromatic N) is 3. The highest BCUT2D eigenvalue weighted by molar-refractivity contribution is 5.80. The van der Waals surface area contributed by atoms with Gasteiger partial charge in [0.15, 0.2) is 5.58 Å². The molecule has 1 fully saturated rings. The third-order valence-corrected chi connectivity index (χ3v) is 6.09. The Balaban J connectivity index is 1.39. The van der Waals surface area contributed by atoms with E-state index >= 15 is 0 Å². The van der Waals surface area contributed by atoms with Crippen LogP contribution in [0.2, 0.25) is 0 Å². The molecule has 7 heteroatoms. The van der Waals surface area contributed by atoms with Crippen molar-refractivity contribution in [3.63, 3.8) is 0 Å². The number of imidazole rings is 1. The Labute approximate surface area is 166 Å². The lowest BCUT2D eigenvalue weighted by molar-refractivity contribution is 0.101. The normalized spacial score (nSPS) is 17.3. The van der Waals surface area contributed by atoms with E-state index in [-0.39, 0.29) is 23.6 Å². The number of hydrogen-bond acceptors (Lipinski definition) is 4. The van der Waals surface area contributed by atoms with E-state index in [0.717, 1.165) is 54.5 Å². The van der Waals surface area contributed by atoms with Crippen LogP contribution in [-0.4, -0.2) is 32.7 Å². The third kappa shape index (κ3) is 3.06. The molecule has 1 aliphatic heterocycles. The Morgan fingerprint density at radius 3 is 2.83 bits per heavy atom. The zero-order valence-corrected chi connectivity index (χ0v) is 16.3. The van der Waals surface area contributed by atoms with Crippen molar-refractivity contribution in [1.82, 2.24) is 19.6 Å². The maximum Gasteiger partial charge on any atom is 0.327 e. The predicted molar refractivity (Wildman–Crippen MR) is 109 cm³/mol. The number of likely N-dealkylation sites (tertiary alicyclic amines) is 1. The minimum atomic E-state index is -0.315. The molecule has 1 saturated heterocycles. The summed E-state index contributed by atoms with van der Waals surface area (Å²) in [6, 6.07) is 12.4. The zero-order chi connectivity index (χ0) is 20.0. The van der Waals surface area contributed by atoms with Crippen LogP contribution in [0.4, 0.5) is 4.39 Å². The molecule has 1 unspecified atom stereocenters.